The molecular formula is C18H23N5O3. The SMILES string of the molecule is CC(O)/C(=C/N)N(N)C1CC(NC(=O)c2cc(-c3ccccc3)on2)C1. The number of amides is 1. The van der Waals surface area contributed by atoms with Crippen LogP contribution in [0, 0.1) is 0 Å². The van der Waals surface area contributed by atoms with E-state index in [0.29, 0.717) is 24.3 Å². The molecule has 0 aliphatic heterocycles. The monoisotopic (exact) mass is 357 g/mol. The number of hydrogen-bond acceptors (Lipinski definition) is 7. The summed E-state index contributed by atoms with van der Waals surface area (Å²) < 4.78 is 5.25. The molecule has 1 atom stereocenters. The van der Waals surface area contributed by atoms with Gasteiger partial charge in [-0.15, -0.1) is 0 Å². The lowest BCUT2D eigenvalue weighted by Gasteiger charge is -2.43. The van der Waals surface area contributed by atoms with Crippen molar-refractivity contribution in [1.82, 2.24) is 15.5 Å². The highest BCUT2D eigenvalue weighted by Gasteiger charge is 2.35. The number of hydrazine groups is 1. The molecule has 1 aliphatic carbocycles. The van der Waals surface area contributed by atoms with Crippen LogP contribution in [0.25, 0.3) is 11.3 Å². The molecule has 1 amide bonds. The van der Waals surface area contributed by atoms with Crippen LogP contribution in [0.5, 0.6) is 0 Å². The number of aliphatic hydroxyl groups is 1. The van der Waals surface area contributed by atoms with Gasteiger partial charge >= 0.3 is 0 Å². The molecule has 3 rings (SSSR count). The number of carbonyl (C=O) groups excluding carboxylic acids is 1. The van der Waals surface area contributed by atoms with Crippen LogP contribution in [0.15, 0.2) is 52.8 Å². The van der Waals surface area contributed by atoms with Gasteiger partial charge in [0.15, 0.2) is 11.5 Å². The number of aromatic nitrogens is 1. The van der Waals surface area contributed by atoms with E-state index in [4.69, 9.17) is 16.1 Å². The Kier molecular flexibility index (Phi) is 5.24. The molecular weight excluding hydrogens is 334 g/mol. The highest BCUT2D eigenvalue weighted by Crippen LogP contribution is 2.27. The summed E-state index contributed by atoms with van der Waals surface area (Å²) in [5.41, 5.74) is 7.06. The van der Waals surface area contributed by atoms with Crippen molar-refractivity contribution < 1.29 is 14.4 Å². The summed E-state index contributed by atoms with van der Waals surface area (Å²) in [4.78, 5) is 12.3. The maximum Gasteiger partial charge on any atom is 0.273 e. The Morgan fingerprint density at radius 3 is 2.73 bits per heavy atom. The lowest BCUT2D eigenvalue weighted by Crippen LogP contribution is -2.56. The predicted molar refractivity (Wildman–Crippen MR) is 96.2 cm³/mol. The molecule has 0 radical (unpaired) electrons. The van der Waals surface area contributed by atoms with Crippen molar-refractivity contribution in [3.63, 3.8) is 0 Å². The molecule has 1 heterocycles. The topological polar surface area (TPSA) is 131 Å². The first-order chi connectivity index (χ1) is 12.5. The van der Waals surface area contributed by atoms with Crippen molar-refractivity contribution in [1.29, 1.82) is 0 Å². The molecule has 6 N–H and O–H groups in total. The third-order valence-electron chi connectivity index (χ3n) is 4.54. The second-order valence-electron chi connectivity index (χ2n) is 6.41. The number of nitrogens with one attached hydrogen (secondary N) is 1. The first kappa shape index (κ1) is 18.0. The average molecular weight is 357 g/mol. The van der Waals surface area contributed by atoms with E-state index in [9.17, 15) is 9.90 Å². The molecule has 1 aromatic heterocycles. The Balaban J connectivity index is 1.54. The Hall–Kier alpha value is -2.84. The smallest absolute Gasteiger partial charge is 0.273 e. The van der Waals surface area contributed by atoms with Crippen molar-refractivity contribution >= 4 is 5.91 Å². The largest absolute Gasteiger partial charge is 0.403 e. The van der Waals surface area contributed by atoms with E-state index < -0.39 is 6.10 Å². The molecule has 1 unspecified atom stereocenters. The van der Waals surface area contributed by atoms with Crippen LogP contribution in [-0.2, 0) is 0 Å². The van der Waals surface area contributed by atoms with Crippen LogP contribution >= 0.6 is 0 Å². The van der Waals surface area contributed by atoms with Crippen LogP contribution in [0.3, 0.4) is 0 Å². The average Bonchev–Trinajstić information content (AvgIpc) is 3.08. The number of carbonyl (C=O) groups is 1. The number of nitrogens with two attached hydrogens (primary N) is 2. The zero-order chi connectivity index (χ0) is 18.7. The van der Waals surface area contributed by atoms with Gasteiger partial charge in [-0.3, -0.25) is 4.79 Å². The number of aliphatic hydroxyl groups excluding tert-OH is 1. The van der Waals surface area contributed by atoms with Crippen LogP contribution in [0.2, 0.25) is 0 Å². The first-order valence-corrected chi connectivity index (χ1v) is 8.46. The van der Waals surface area contributed by atoms with Gasteiger partial charge in [0.05, 0.1) is 11.8 Å². The minimum atomic E-state index is -0.745. The maximum atomic E-state index is 12.3. The fourth-order valence-electron chi connectivity index (χ4n) is 2.96. The molecule has 1 fully saturated rings. The molecule has 8 heteroatoms. The van der Waals surface area contributed by atoms with Gasteiger partial charge in [0.2, 0.25) is 0 Å². The van der Waals surface area contributed by atoms with E-state index in [-0.39, 0.29) is 23.7 Å². The molecule has 138 valence electrons. The van der Waals surface area contributed by atoms with E-state index in [0.717, 1.165) is 5.56 Å². The summed E-state index contributed by atoms with van der Waals surface area (Å²) in [5, 5.41) is 17.9. The minimum absolute atomic E-state index is 0.0107. The zero-order valence-corrected chi connectivity index (χ0v) is 14.5. The van der Waals surface area contributed by atoms with Gasteiger partial charge in [0, 0.05) is 29.9 Å². The standard InChI is InChI=1S/C18H23N5O3/c1-11(24)16(10-19)23(20)14-7-13(8-14)21-18(25)15-9-17(26-22-15)12-5-3-2-4-6-12/h2-6,9-11,13-14,24H,7-8,19-20H2,1H3,(H,21,25)/b16-10-. The zero-order valence-electron chi connectivity index (χ0n) is 14.5. The fourth-order valence-corrected chi connectivity index (χ4v) is 2.96. The highest BCUT2D eigenvalue weighted by atomic mass is 16.5. The lowest BCUT2D eigenvalue weighted by atomic mass is 9.85. The van der Waals surface area contributed by atoms with Crippen LogP contribution < -0.4 is 16.9 Å². The number of benzene rings is 1. The molecule has 2 aromatic rings. The Morgan fingerprint density at radius 2 is 2.12 bits per heavy atom. The second kappa shape index (κ2) is 7.59. The molecule has 1 aromatic carbocycles. The quantitative estimate of drug-likeness (QED) is 0.447. The van der Waals surface area contributed by atoms with Crippen molar-refractivity contribution in [2.75, 3.05) is 0 Å². The van der Waals surface area contributed by atoms with Gasteiger partial charge in [0.25, 0.3) is 5.91 Å². The van der Waals surface area contributed by atoms with Crippen LogP contribution in [0.4, 0.5) is 0 Å². The lowest BCUT2D eigenvalue weighted by molar-refractivity contribution is 0.0746. The van der Waals surface area contributed by atoms with Gasteiger partial charge < -0.3 is 25.7 Å². The minimum Gasteiger partial charge on any atom is -0.403 e. The van der Waals surface area contributed by atoms with Gasteiger partial charge in [-0.1, -0.05) is 35.5 Å². The summed E-state index contributed by atoms with van der Waals surface area (Å²) >= 11 is 0. The third kappa shape index (κ3) is 3.71. The molecule has 1 aliphatic rings. The molecule has 8 nitrogen and oxygen atoms in total. The fraction of sp³-hybridized carbons (Fsp3) is 0.333. The Morgan fingerprint density at radius 1 is 1.42 bits per heavy atom. The third-order valence-corrected chi connectivity index (χ3v) is 4.54. The number of rotatable bonds is 6. The summed E-state index contributed by atoms with van der Waals surface area (Å²) in [5.74, 6) is 6.25. The second-order valence-corrected chi connectivity index (χ2v) is 6.41. The predicted octanol–water partition coefficient (Wildman–Crippen LogP) is 0.959. The molecule has 1 saturated carbocycles. The van der Waals surface area contributed by atoms with Gasteiger partial charge in [-0.25, -0.2) is 5.84 Å². The number of nitrogens with zero attached hydrogens (tertiary/aromatic N) is 2. The normalized spacial score (nSPS) is 21.0. The summed E-state index contributed by atoms with van der Waals surface area (Å²) in [7, 11) is 0. The Labute approximate surface area is 151 Å². The van der Waals surface area contributed by atoms with Crippen molar-refractivity contribution in [3.05, 3.63) is 54.0 Å². The molecule has 0 bridgehead atoms. The summed E-state index contributed by atoms with van der Waals surface area (Å²) in [6.45, 7) is 1.60. The van der Waals surface area contributed by atoms with E-state index in [1.807, 2.05) is 30.3 Å². The van der Waals surface area contributed by atoms with Gasteiger partial charge in [-0.05, 0) is 19.8 Å². The highest BCUT2D eigenvalue weighted by molar-refractivity contribution is 5.93. The van der Waals surface area contributed by atoms with E-state index in [1.165, 1.54) is 11.2 Å². The van der Waals surface area contributed by atoms with Crippen LogP contribution in [-0.4, -0.2) is 39.4 Å². The maximum absolute atomic E-state index is 12.3. The summed E-state index contributed by atoms with van der Waals surface area (Å²) in [6, 6.07) is 11.1. The number of hydrogen-bond donors (Lipinski definition) is 4. The van der Waals surface area contributed by atoms with E-state index in [1.54, 1.807) is 13.0 Å². The van der Waals surface area contributed by atoms with E-state index in [2.05, 4.69) is 10.5 Å². The van der Waals surface area contributed by atoms with Crippen molar-refractivity contribution in [2.24, 2.45) is 11.6 Å². The van der Waals surface area contributed by atoms with E-state index >= 15 is 0 Å². The molecule has 0 spiro atoms. The first-order valence-electron chi connectivity index (χ1n) is 8.46. The molecule has 0 saturated heterocycles. The van der Waals surface area contributed by atoms with Gasteiger partial charge in [-0.2, -0.15) is 0 Å². The summed E-state index contributed by atoms with van der Waals surface area (Å²) in [6.07, 6.45) is 1.88. The van der Waals surface area contributed by atoms with Gasteiger partial charge in [0.1, 0.15) is 0 Å². The van der Waals surface area contributed by atoms with Crippen molar-refractivity contribution in [3.8, 4) is 11.3 Å². The Bertz CT molecular complexity index is 781. The van der Waals surface area contributed by atoms with Crippen molar-refractivity contribution in [2.45, 2.75) is 38.0 Å². The van der Waals surface area contributed by atoms with Crippen LogP contribution in [0.1, 0.15) is 30.3 Å². The molecule has 26 heavy (non-hydrogen) atoms.